The zero-order valence-corrected chi connectivity index (χ0v) is 9.07. The molecular weight excluding hydrogens is 200 g/mol. The predicted molar refractivity (Wildman–Crippen MR) is 65.0 cm³/mol. The fourth-order valence-electron chi connectivity index (χ4n) is 2.05. The summed E-state index contributed by atoms with van der Waals surface area (Å²) >= 11 is 0. The summed E-state index contributed by atoms with van der Waals surface area (Å²) in [7, 11) is 0. The van der Waals surface area contributed by atoms with Gasteiger partial charge in [-0.05, 0) is 18.1 Å². The Bertz CT molecular complexity index is 459. The topological polar surface area (TPSA) is 46.3 Å². The first-order valence-corrected chi connectivity index (χ1v) is 5.35. The highest BCUT2D eigenvalue weighted by Gasteiger charge is 2.25. The van der Waals surface area contributed by atoms with Crippen molar-refractivity contribution in [1.29, 1.82) is 0 Å². The molecule has 0 fully saturated rings. The van der Waals surface area contributed by atoms with E-state index in [0.29, 0.717) is 25.1 Å². The lowest BCUT2D eigenvalue weighted by molar-refractivity contribution is -0.118. The van der Waals surface area contributed by atoms with Crippen LogP contribution in [0.4, 0.5) is 11.4 Å². The second kappa shape index (κ2) is 4.28. The third-order valence-electron chi connectivity index (χ3n) is 2.81. The number of carbonyl (C=O) groups excluding carboxylic acids is 1. The van der Waals surface area contributed by atoms with Crippen molar-refractivity contribution in [2.24, 2.45) is 0 Å². The Morgan fingerprint density at radius 3 is 3.12 bits per heavy atom. The van der Waals surface area contributed by atoms with E-state index in [2.05, 4.69) is 5.92 Å². The van der Waals surface area contributed by atoms with Crippen molar-refractivity contribution in [2.45, 2.75) is 19.3 Å². The van der Waals surface area contributed by atoms with E-state index in [-0.39, 0.29) is 5.91 Å². The minimum Gasteiger partial charge on any atom is -0.397 e. The summed E-state index contributed by atoms with van der Waals surface area (Å²) in [6.45, 7) is 0.715. The second-order valence-electron chi connectivity index (χ2n) is 3.85. The highest BCUT2D eigenvalue weighted by molar-refractivity contribution is 5.98. The summed E-state index contributed by atoms with van der Waals surface area (Å²) in [5.74, 6) is 2.55. The van der Waals surface area contributed by atoms with E-state index in [1.165, 1.54) is 0 Å². The largest absolute Gasteiger partial charge is 0.397 e. The fraction of sp³-hybridized carbons (Fsp3) is 0.308. The zero-order chi connectivity index (χ0) is 11.5. The molecule has 0 aliphatic carbocycles. The molecule has 0 saturated carbocycles. The average molecular weight is 214 g/mol. The van der Waals surface area contributed by atoms with Crippen LogP contribution in [0.2, 0.25) is 0 Å². The van der Waals surface area contributed by atoms with Crippen molar-refractivity contribution in [3.8, 4) is 12.3 Å². The molecule has 0 atom stereocenters. The van der Waals surface area contributed by atoms with Crippen molar-refractivity contribution in [1.82, 2.24) is 0 Å². The van der Waals surface area contributed by atoms with Gasteiger partial charge in [-0.1, -0.05) is 12.1 Å². The standard InChI is InChI=1S/C13H14N2O/c1-2-3-7-12(16)15-9-8-10-5-4-6-11(14)13(10)15/h1,4-6H,3,7-9,14H2. The van der Waals surface area contributed by atoms with Crippen molar-refractivity contribution in [3.63, 3.8) is 0 Å². The number of benzene rings is 1. The number of nitrogens with zero attached hydrogens (tertiary/aromatic N) is 1. The fourth-order valence-corrected chi connectivity index (χ4v) is 2.05. The van der Waals surface area contributed by atoms with E-state index in [1.807, 2.05) is 18.2 Å². The van der Waals surface area contributed by atoms with E-state index in [0.717, 1.165) is 17.7 Å². The van der Waals surface area contributed by atoms with Gasteiger partial charge in [0.25, 0.3) is 0 Å². The molecule has 0 radical (unpaired) electrons. The lowest BCUT2D eigenvalue weighted by Gasteiger charge is -2.18. The van der Waals surface area contributed by atoms with Gasteiger partial charge in [0.15, 0.2) is 0 Å². The van der Waals surface area contributed by atoms with Crippen LogP contribution in [0, 0.1) is 12.3 Å². The van der Waals surface area contributed by atoms with Gasteiger partial charge in [-0.2, -0.15) is 0 Å². The second-order valence-corrected chi connectivity index (χ2v) is 3.85. The third-order valence-corrected chi connectivity index (χ3v) is 2.81. The lowest BCUT2D eigenvalue weighted by Crippen LogP contribution is -2.29. The molecule has 0 unspecified atom stereocenters. The van der Waals surface area contributed by atoms with Gasteiger partial charge < -0.3 is 10.6 Å². The number of fused-ring (bicyclic) bond motifs is 1. The molecular formula is C13H14N2O. The smallest absolute Gasteiger partial charge is 0.228 e. The van der Waals surface area contributed by atoms with Crippen LogP contribution >= 0.6 is 0 Å². The van der Waals surface area contributed by atoms with Crippen LogP contribution in [0.25, 0.3) is 0 Å². The SMILES string of the molecule is C#CCCC(=O)N1CCc2cccc(N)c21. The van der Waals surface area contributed by atoms with Crippen LogP contribution in [0.1, 0.15) is 18.4 Å². The van der Waals surface area contributed by atoms with Crippen LogP contribution in [0.15, 0.2) is 18.2 Å². The summed E-state index contributed by atoms with van der Waals surface area (Å²) in [6.07, 6.45) is 6.91. The minimum absolute atomic E-state index is 0.0644. The van der Waals surface area contributed by atoms with Gasteiger partial charge in [0.1, 0.15) is 0 Å². The van der Waals surface area contributed by atoms with E-state index in [9.17, 15) is 4.79 Å². The number of terminal acetylenes is 1. The maximum atomic E-state index is 11.9. The summed E-state index contributed by atoms with van der Waals surface area (Å²) in [6, 6.07) is 5.76. The molecule has 1 amide bonds. The Hall–Kier alpha value is -1.95. The first-order chi connectivity index (χ1) is 7.74. The number of hydrogen-bond acceptors (Lipinski definition) is 2. The quantitative estimate of drug-likeness (QED) is 0.600. The predicted octanol–water partition coefficient (Wildman–Crippen LogP) is 1.57. The van der Waals surface area contributed by atoms with Gasteiger partial charge in [-0.3, -0.25) is 4.79 Å². The molecule has 2 N–H and O–H groups in total. The summed E-state index contributed by atoms with van der Waals surface area (Å²) in [4.78, 5) is 13.6. The van der Waals surface area contributed by atoms with E-state index >= 15 is 0 Å². The molecule has 1 aromatic carbocycles. The molecule has 1 aliphatic heterocycles. The average Bonchev–Trinajstić information content (AvgIpc) is 2.71. The zero-order valence-electron chi connectivity index (χ0n) is 9.07. The summed E-state index contributed by atoms with van der Waals surface area (Å²) < 4.78 is 0. The highest BCUT2D eigenvalue weighted by Crippen LogP contribution is 2.33. The monoisotopic (exact) mass is 214 g/mol. The molecule has 16 heavy (non-hydrogen) atoms. The minimum atomic E-state index is 0.0644. The van der Waals surface area contributed by atoms with Crippen molar-refractivity contribution in [3.05, 3.63) is 23.8 Å². The maximum Gasteiger partial charge on any atom is 0.228 e. The number of hydrogen-bond donors (Lipinski definition) is 1. The number of rotatable bonds is 2. The molecule has 0 bridgehead atoms. The van der Waals surface area contributed by atoms with E-state index < -0.39 is 0 Å². The normalized spacial score (nSPS) is 13.3. The van der Waals surface area contributed by atoms with Gasteiger partial charge in [0.2, 0.25) is 5.91 Å². The van der Waals surface area contributed by atoms with E-state index in [4.69, 9.17) is 12.2 Å². The first kappa shape index (κ1) is 10.6. The number of anilines is 2. The van der Waals surface area contributed by atoms with Crippen molar-refractivity contribution >= 4 is 17.3 Å². The van der Waals surface area contributed by atoms with Crippen LogP contribution < -0.4 is 10.6 Å². The van der Waals surface area contributed by atoms with E-state index in [1.54, 1.807) is 4.90 Å². The van der Waals surface area contributed by atoms with Crippen molar-refractivity contribution < 1.29 is 4.79 Å². The third kappa shape index (κ3) is 1.74. The molecule has 1 aliphatic rings. The van der Waals surface area contributed by atoms with Crippen molar-refractivity contribution in [2.75, 3.05) is 17.2 Å². The van der Waals surface area contributed by atoms with Crippen LogP contribution in [0.5, 0.6) is 0 Å². The number of amides is 1. The Labute approximate surface area is 95.2 Å². The molecule has 3 nitrogen and oxygen atoms in total. The molecule has 1 aromatic rings. The first-order valence-electron chi connectivity index (χ1n) is 5.35. The van der Waals surface area contributed by atoms with Gasteiger partial charge in [-0.25, -0.2) is 0 Å². The number of carbonyl (C=O) groups is 1. The van der Waals surface area contributed by atoms with Gasteiger partial charge in [0.05, 0.1) is 11.4 Å². The van der Waals surface area contributed by atoms with Gasteiger partial charge >= 0.3 is 0 Å². The Balaban J connectivity index is 2.23. The molecule has 0 saturated heterocycles. The van der Waals surface area contributed by atoms with Gasteiger partial charge in [-0.15, -0.1) is 12.3 Å². The number of para-hydroxylation sites is 1. The Morgan fingerprint density at radius 1 is 1.56 bits per heavy atom. The highest BCUT2D eigenvalue weighted by atomic mass is 16.2. The van der Waals surface area contributed by atoms with Crippen LogP contribution in [-0.4, -0.2) is 12.5 Å². The molecule has 0 aromatic heterocycles. The molecule has 3 heteroatoms. The van der Waals surface area contributed by atoms with Crippen LogP contribution in [-0.2, 0) is 11.2 Å². The maximum absolute atomic E-state index is 11.9. The Morgan fingerprint density at radius 2 is 2.38 bits per heavy atom. The molecule has 0 spiro atoms. The Kier molecular flexibility index (Phi) is 2.82. The molecule has 82 valence electrons. The van der Waals surface area contributed by atoms with Crippen LogP contribution in [0.3, 0.4) is 0 Å². The lowest BCUT2D eigenvalue weighted by atomic mass is 10.1. The number of nitrogens with two attached hydrogens (primary N) is 1. The summed E-state index contributed by atoms with van der Waals surface area (Å²) in [5, 5.41) is 0. The molecule has 2 rings (SSSR count). The molecule has 1 heterocycles. The number of nitrogen functional groups attached to an aromatic ring is 1. The van der Waals surface area contributed by atoms with Gasteiger partial charge in [0, 0.05) is 19.4 Å². The summed E-state index contributed by atoms with van der Waals surface area (Å²) in [5.41, 5.74) is 8.59.